The summed E-state index contributed by atoms with van der Waals surface area (Å²) in [6, 6.07) is 16.0. The molecule has 0 radical (unpaired) electrons. The van der Waals surface area contributed by atoms with Gasteiger partial charge >= 0.3 is 0 Å². The highest BCUT2D eigenvalue weighted by atomic mass is 79.9. The van der Waals surface area contributed by atoms with Crippen LogP contribution in [0.3, 0.4) is 0 Å². The number of hydrogen-bond donors (Lipinski definition) is 1. The zero-order valence-corrected chi connectivity index (χ0v) is 12.9. The third kappa shape index (κ3) is 2.25. The molecular formula is C17H17BrO2. The molecule has 0 amide bonds. The highest BCUT2D eigenvalue weighted by molar-refractivity contribution is 9.10. The van der Waals surface area contributed by atoms with Crippen molar-refractivity contribution in [3.05, 3.63) is 64.1 Å². The lowest BCUT2D eigenvalue weighted by Crippen LogP contribution is -2.18. The third-order valence-electron chi connectivity index (χ3n) is 4.16. The number of benzene rings is 2. The average molecular weight is 333 g/mol. The van der Waals surface area contributed by atoms with Gasteiger partial charge in [-0.2, -0.15) is 0 Å². The van der Waals surface area contributed by atoms with Gasteiger partial charge in [0.2, 0.25) is 0 Å². The number of aliphatic hydroxyl groups is 1. The number of hydrogen-bond acceptors (Lipinski definition) is 2. The van der Waals surface area contributed by atoms with Crippen LogP contribution in [-0.4, -0.2) is 12.2 Å². The number of ether oxygens (including phenoxy) is 1. The summed E-state index contributed by atoms with van der Waals surface area (Å²) in [6.07, 6.45) is 1.55. The molecule has 2 aromatic rings. The summed E-state index contributed by atoms with van der Waals surface area (Å²) in [6.45, 7) is 0. The zero-order valence-electron chi connectivity index (χ0n) is 11.3. The lowest BCUT2D eigenvalue weighted by Gasteiger charge is -2.24. The van der Waals surface area contributed by atoms with Crippen molar-refractivity contribution in [3.8, 4) is 5.75 Å². The third-order valence-corrected chi connectivity index (χ3v) is 4.85. The molecular weight excluding hydrogens is 316 g/mol. The molecule has 0 aromatic heterocycles. The van der Waals surface area contributed by atoms with Gasteiger partial charge in [0.25, 0.3) is 0 Å². The van der Waals surface area contributed by atoms with E-state index >= 15 is 0 Å². The molecule has 1 aliphatic carbocycles. The molecule has 0 heterocycles. The van der Waals surface area contributed by atoms with Crippen LogP contribution in [0.4, 0.5) is 0 Å². The molecule has 0 aliphatic heterocycles. The first-order chi connectivity index (χ1) is 9.67. The molecule has 1 unspecified atom stereocenters. The summed E-state index contributed by atoms with van der Waals surface area (Å²) in [5, 5.41) is 10.8. The van der Waals surface area contributed by atoms with Crippen molar-refractivity contribution in [1.29, 1.82) is 0 Å². The van der Waals surface area contributed by atoms with Crippen LogP contribution in [0.15, 0.2) is 53.0 Å². The lowest BCUT2D eigenvalue weighted by molar-refractivity contribution is 0.132. The van der Waals surface area contributed by atoms with E-state index in [0.717, 1.165) is 28.6 Å². The Morgan fingerprint density at radius 2 is 1.85 bits per heavy atom. The minimum atomic E-state index is -0.495. The molecule has 1 fully saturated rings. The summed E-state index contributed by atoms with van der Waals surface area (Å²) in [7, 11) is 1.64. The van der Waals surface area contributed by atoms with Crippen molar-refractivity contribution < 1.29 is 9.84 Å². The Labute approximate surface area is 127 Å². The molecule has 1 N–H and O–H groups in total. The number of aliphatic hydroxyl groups excluding tert-OH is 1. The van der Waals surface area contributed by atoms with Gasteiger partial charge in [-0.05, 0) is 36.1 Å². The highest BCUT2D eigenvalue weighted by Crippen LogP contribution is 2.57. The number of methoxy groups -OCH3 is 1. The van der Waals surface area contributed by atoms with Gasteiger partial charge in [0, 0.05) is 9.89 Å². The van der Waals surface area contributed by atoms with Gasteiger partial charge in [-0.1, -0.05) is 52.3 Å². The minimum absolute atomic E-state index is 0.127. The Balaban J connectivity index is 1.95. The van der Waals surface area contributed by atoms with Crippen molar-refractivity contribution in [2.75, 3.05) is 7.11 Å². The van der Waals surface area contributed by atoms with Crippen molar-refractivity contribution in [2.24, 2.45) is 0 Å². The second-order valence-corrected chi connectivity index (χ2v) is 6.17. The minimum Gasteiger partial charge on any atom is -0.497 e. The van der Waals surface area contributed by atoms with Gasteiger partial charge in [-0.25, -0.2) is 0 Å². The fourth-order valence-electron chi connectivity index (χ4n) is 2.78. The van der Waals surface area contributed by atoms with E-state index < -0.39 is 6.10 Å². The molecule has 2 nitrogen and oxygen atoms in total. The fourth-order valence-corrected chi connectivity index (χ4v) is 3.35. The van der Waals surface area contributed by atoms with Crippen molar-refractivity contribution >= 4 is 15.9 Å². The highest BCUT2D eigenvalue weighted by Gasteiger charge is 2.51. The van der Waals surface area contributed by atoms with Gasteiger partial charge in [-0.3, -0.25) is 0 Å². The number of halogens is 1. The molecule has 1 atom stereocenters. The largest absolute Gasteiger partial charge is 0.497 e. The van der Waals surface area contributed by atoms with E-state index in [4.69, 9.17) is 4.74 Å². The number of rotatable bonds is 4. The standard InChI is InChI=1S/C17H17BrO2/c1-20-13-7-8-14(15(18)11-13)16(19)17(9-10-17)12-5-3-2-4-6-12/h2-8,11,16,19H,9-10H2,1H3. The van der Waals surface area contributed by atoms with E-state index in [1.165, 1.54) is 5.56 Å². The van der Waals surface area contributed by atoms with Crippen LogP contribution in [-0.2, 0) is 5.41 Å². The quantitative estimate of drug-likeness (QED) is 0.908. The van der Waals surface area contributed by atoms with E-state index in [1.54, 1.807) is 7.11 Å². The maximum Gasteiger partial charge on any atom is 0.120 e. The predicted molar refractivity (Wildman–Crippen MR) is 83.0 cm³/mol. The van der Waals surface area contributed by atoms with Gasteiger partial charge < -0.3 is 9.84 Å². The van der Waals surface area contributed by atoms with Gasteiger partial charge in [0.05, 0.1) is 13.2 Å². The molecule has 2 aromatic carbocycles. The molecule has 1 aliphatic rings. The maximum atomic E-state index is 10.8. The lowest BCUT2D eigenvalue weighted by atomic mass is 9.86. The Morgan fingerprint density at radius 1 is 1.15 bits per heavy atom. The van der Waals surface area contributed by atoms with Crippen molar-refractivity contribution in [3.63, 3.8) is 0 Å². The fraction of sp³-hybridized carbons (Fsp3) is 0.294. The molecule has 20 heavy (non-hydrogen) atoms. The molecule has 104 valence electrons. The molecule has 1 saturated carbocycles. The van der Waals surface area contributed by atoms with Crippen LogP contribution in [0.25, 0.3) is 0 Å². The Bertz CT molecular complexity index is 606. The van der Waals surface area contributed by atoms with Crippen molar-refractivity contribution in [2.45, 2.75) is 24.4 Å². The van der Waals surface area contributed by atoms with E-state index in [1.807, 2.05) is 36.4 Å². The molecule has 3 rings (SSSR count). The van der Waals surface area contributed by atoms with Crippen molar-refractivity contribution in [1.82, 2.24) is 0 Å². The zero-order chi connectivity index (χ0) is 14.2. The van der Waals surface area contributed by atoms with Crippen LogP contribution in [0.5, 0.6) is 5.75 Å². The summed E-state index contributed by atoms with van der Waals surface area (Å²) in [5.74, 6) is 0.789. The summed E-state index contributed by atoms with van der Waals surface area (Å²) in [4.78, 5) is 0. The second-order valence-electron chi connectivity index (χ2n) is 5.31. The summed E-state index contributed by atoms with van der Waals surface area (Å²) in [5.41, 5.74) is 2.01. The van der Waals surface area contributed by atoms with Crippen LogP contribution in [0, 0.1) is 0 Å². The first kappa shape index (κ1) is 13.7. The van der Waals surface area contributed by atoms with Gasteiger partial charge in [-0.15, -0.1) is 0 Å². The Morgan fingerprint density at radius 3 is 2.40 bits per heavy atom. The molecule has 0 saturated heterocycles. The van der Waals surface area contributed by atoms with Gasteiger partial charge in [0.1, 0.15) is 5.75 Å². The first-order valence-electron chi connectivity index (χ1n) is 6.74. The topological polar surface area (TPSA) is 29.5 Å². The van der Waals surface area contributed by atoms with Gasteiger partial charge in [0.15, 0.2) is 0 Å². The van der Waals surface area contributed by atoms with E-state index in [9.17, 15) is 5.11 Å². The van der Waals surface area contributed by atoms with Crippen LogP contribution < -0.4 is 4.74 Å². The van der Waals surface area contributed by atoms with E-state index in [0.29, 0.717) is 0 Å². The average Bonchev–Trinajstić information content (AvgIpc) is 3.29. The Hall–Kier alpha value is -1.32. The maximum absolute atomic E-state index is 10.8. The van der Waals surface area contributed by atoms with E-state index in [2.05, 4.69) is 28.1 Å². The van der Waals surface area contributed by atoms with E-state index in [-0.39, 0.29) is 5.41 Å². The molecule has 0 bridgehead atoms. The summed E-state index contributed by atoms with van der Waals surface area (Å²) >= 11 is 3.54. The monoisotopic (exact) mass is 332 g/mol. The SMILES string of the molecule is COc1ccc(C(O)C2(c3ccccc3)CC2)c(Br)c1. The summed E-state index contributed by atoms with van der Waals surface area (Å²) < 4.78 is 6.10. The Kier molecular flexibility index (Phi) is 3.57. The van der Waals surface area contributed by atoms with Crippen LogP contribution in [0.1, 0.15) is 30.1 Å². The van der Waals surface area contributed by atoms with Crippen LogP contribution in [0.2, 0.25) is 0 Å². The predicted octanol–water partition coefficient (Wildman–Crippen LogP) is 4.22. The smallest absolute Gasteiger partial charge is 0.120 e. The molecule has 0 spiro atoms. The normalized spacial score (nSPS) is 17.6. The molecule has 3 heteroatoms. The second kappa shape index (κ2) is 5.23. The first-order valence-corrected chi connectivity index (χ1v) is 7.54. The van der Waals surface area contributed by atoms with Crippen LogP contribution >= 0.6 is 15.9 Å².